The molecule has 0 spiro atoms. The van der Waals surface area contributed by atoms with E-state index in [9.17, 15) is 4.79 Å². The number of fused-ring (bicyclic) bond motifs is 1. The van der Waals surface area contributed by atoms with E-state index in [4.69, 9.17) is 40.2 Å². The standard InChI is InChI=1S/C35H51ClN6O5Si/c1-33(2,3)47-32(43)42-21-35(7,22-46-48(11,12)34(4,5)6)24-17-23(20-38-30(24)42)26-13-14-37-31(39-26)40-27-18-25(36)28(19-29(27)45-10)41(8)15-16-44-9/h13-14,17-20H,15-16,21-22H2,1-12H3,(H,37,39,40). The Labute approximate surface area is 291 Å². The van der Waals surface area contributed by atoms with Gasteiger partial charge in [-0.3, -0.25) is 4.90 Å². The van der Waals surface area contributed by atoms with E-state index in [1.54, 1.807) is 37.6 Å². The average molecular weight is 699 g/mol. The highest BCUT2D eigenvalue weighted by molar-refractivity contribution is 6.74. The summed E-state index contributed by atoms with van der Waals surface area (Å²) in [5, 5.41) is 3.85. The van der Waals surface area contributed by atoms with Gasteiger partial charge < -0.3 is 28.9 Å². The molecular weight excluding hydrogens is 648 g/mol. The van der Waals surface area contributed by atoms with Gasteiger partial charge in [-0.2, -0.15) is 0 Å². The van der Waals surface area contributed by atoms with E-state index < -0.39 is 25.4 Å². The first-order chi connectivity index (χ1) is 22.3. The Bertz CT molecular complexity index is 1630. The number of carbonyl (C=O) groups excluding carboxylic acids is 1. The Morgan fingerprint density at radius 3 is 2.46 bits per heavy atom. The lowest BCUT2D eigenvalue weighted by atomic mass is 9.85. The molecule has 1 unspecified atom stereocenters. The largest absolute Gasteiger partial charge is 0.494 e. The number of halogens is 1. The van der Waals surface area contributed by atoms with Crippen LogP contribution in [0, 0.1) is 0 Å². The van der Waals surface area contributed by atoms with Crippen molar-refractivity contribution in [2.75, 3.05) is 62.7 Å². The van der Waals surface area contributed by atoms with Crippen molar-refractivity contribution in [2.45, 2.75) is 77.6 Å². The summed E-state index contributed by atoms with van der Waals surface area (Å²) in [6, 6.07) is 7.55. The number of nitrogens with zero attached hydrogens (tertiary/aromatic N) is 5. The summed E-state index contributed by atoms with van der Waals surface area (Å²) in [5.41, 5.74) is 2.61. The van der Waals surface area contributed by atoms with Crippen molar-refractivity contribution in [3.63, 3.8) is 0 Å². The van der Waals surface area contributed by atoms with Crippen LogP contribution in [0.4, 0.5) is 27.9 Å². The SMILES string of the molecule is COCCN(C)c1cc(OC)c(Nc2nccc(-c3cnc4c(c3)C(C)(CO[Si](C)(C)C(C)(C)C)CN4C(=O)OC(C)(C)C)n2)cc1Cl. The van der Waals surface area contributed by atoms with Gasteiger partial charge in [0.25, 0.3) is 0 Å². The Kier molecular flexibility index (Phi) is 11.0. The fraction of sp³-hybridized carbons (Fsp3) is 0.543. The third-order valence-corrected chi connectivity index (χ3v) is 13.7. The van der Waals surface area contributed by atoms with Gasteiger partial charge in [0, 0.05) is 68.9 Å². The molecule has 0 fully saturated rings. The minimum absolute atomic E-state index is 0.0350. The molecule has 3 aromatic rings. The number of methoxy groups -OCH3 is 2. The van der Waals surface area contributed by atoms with Crippen LogP contribution in [0.5, 0.6) is 5.75 Å². The first-order valence-corrected chi connectivity index (χ1v) is 19.4. The van der Waals surface area contributed by atoms with Gasteiger partial charge in [-0.05, 0) is 57.1 Å². The molecule has 3 heterocycles. The molecule has 2 aromatic heterocycles. The van der Waals surface area contributed by atoms with Crippen LogP contribution in [0.2, 0.25) is 23.2 Å². The summed E-state index contributed by atoms with van der Waals surface area (Å²) < 4.78 is 23.4. The number of aromatic nitrogens is 3. The third kappa shape index (κ3) is 8.39. The quantitative estimate of drug-likeness (QED) is 0.197. The number of nitrogens with one attached hydrogen (secondary N) is 1. The molecule has 11 nitrogen and oxygen atoms in total. The zero-order valence-corrected chi connectivity index (χ0v) is 32.2. The van der Waals surface area contributed by atoms with E-state index in [1.165, 1.54) is 0 Å². The van der Waals surface area contributed by atoms with Gasteiger partial charge in [-0.15, -0.1) is 0 Å². The maximum absolute atomic E-state index is 13.4. The van der Waals surface area contributed by atoms with Crippen LogP contribution < -0.4 is 19.9 Å². The highest BCUT2D eigenvalue weighted by Crippen LogP contribution is 2.44. The van der Waals surface area contributed by atoms with Crippen LogP contribution in [0.25, 0.3) is 11.3 Å². The fourth-order valence-corrected chi connectivity index (χ4v) is 6.48. The molecule has 4 rings (SSSR count). The van der Waals surface area contributed by atoms with Gasteiger partial charge in [0.05, 0.1) is 35.8 Å². The van der Waals surface area contributed by atoms with Gasteiger partial charge in [0.1, 0.15) is 17.2 Å². The monoisotopic (exact) mass is 698 g/mol. The molecule has 1 aromatic carbocycles. The second-order valence-corrected chi connectivity index (χ2v) is 20.3. The maximum Gasteiger partial charge on any atom is 0.416 e. The number of hydrogen-bond acceptors (Lipinski definition) is 10. The van der Waals surface area contributed by atoms with Crippen LogP contribution in [-0.2, 0) is 19.3 Å². The van der Waals surface area contributed by atoms with Gasteiger partial charge >= 0.3 is 6.09 Å². The van der Waals surface area contributed by atoms with Crippen molar-refractivity contribution in [1.82, 2.24) is 15.0 Å². The van der Waals surface area contributed by atoms with Crippen molar-refractivity contribution >= 4 is 49.2 Å². The molecular formula is C35H51ClN6O5Si. The Morgan fingerprint density at radius 1 is 1.12 bits per heavy atom. The summed E-state index contributed by atoms with van der Waals surface area (Å²) in [5.74, 6) is 1.52. The fourth-order valence-electron chi connectivity index (χ4n) is 5.06. The predicted octanol–water partition coefficient (Wildman–Crippen LogP) is 8.06. The van der Waals surface area contributed by atoms with E-state index in [0.29, 0.717) is 60.2 Å². The van der Waals surface area contributed by atoms with E-state index in [-0.39, 0.29) is 5.04 Å². The number of pyridine rings is 1. The van der Waals surface area contributed by atoms with Gasteiger partial charge in [0.15, 0.2) is 8.32 Å². The summed E-state index contributed by atoms with van der Waals surface area (Å²) in [4.78, 5) is 31.1. The van der Waals surface area contributed by atoms with Crippen molar-refractivity contribution in [1.29, 1.82) is 0 Å². The molecule has 1 aliphatic rings. The number of carbonyl (C=O) groups is 1. The Hall–Kier alpha value is -3.45. The number of ether oxygens (including phenoxy) is 3. The number of likely N-dealkylation sites (N-methyl/N-ethyl adjacent to an activating group) is 1. The minimum atomic E-state index is -2.09. The highest BCUT2D eigenvalue weighted by Gasteiger charge is 2.47. The van der Waals surface area contributed by atoms with Crippen LogP contribution >= 0.6 is 11.6 Å². The Morgan fingerprint density at radius 2 is 1.83 bits per heavy atom. The molecule has 13 heteroatoms. The molecule has 0 bridgehead atoms. The van der Waals surface area contributed by atoms with Gasteiger partial charge in [-0.1, -0.05) is 39.3 Å². The molecule has 0 saturated heterocycles. The van der Waals surface area contributed by atoms with Crippen molar-refractivity contribution < 1.29 is 23.4 Å². The Balaban J connectivity index is 1.68. The lowest BCUT2D eigenvalue weighted by Crippen LogP contribution is -2.46. The van der Waals surface area contributed by atoms with Crippen LogP contribution in [-0.4, -0.2) is 82.5 Å². The zero-order chi connectivity index (χ0) is 35.7. The molecule has 48 heavy (non-hydrogen) atoms. The van der Waals surface area contributed by atoms with Crippen molar-refractivity contribution in [2.24, 2.45) is 0 Å². The van der Waals surface area contributed by atoms with E-state index in [1.807, 2.05) is 44.9 Å². The van der Waals surface area contributed by atoms with Crippen LogP contribution in [0.15, 0.2) is 36.7 Å². The molecule has 0 radical (unpaired) electrons. The molecule has 262 valence electrons. The maximum atomic E-state index is 13.4. The van der Waals surface area contributed by atoms with E-state index >= 15 is 0 Å². The molecule has 1 N–H and O–H groups in total. The van der Waals surface area contributed by atoms with Crippen LogP contribution in [0.1, 0.15) is 54.0 Å². The van der Waals surface area contributed by atoms with Gasteiger partial charge in [0.2, 0.25) is 5.95 Å². The second kappa shape index (κ2) is 14.2. The minimum Gasteiger partial charge on any atom is -0.494 e. The highest BCUT2D eigenvalue weighted by atomic mass is 35.5. The number of anilines is 4. The first-order valence-electron chi connectivity index (χ1n) is 16.1. The zero-order valence-electron chi connectivity index (χ0n) is 30.4. The lowest BCUT2D eigenvalue weighted by Gasteiger charge is -2.39. The predicted molar refractivity (Wildman–Crippen MR) is 196 cm³/mol. The lowest BCUT2D eigenvalue weighted by molar-refractivity contribution is 0.0574. The topological polar surface area (TPSA) is 111 Å². The average Bonchev–Trinajstić information content (AvgIpc) is 3.30. The first kappa shape index (κ1) is 37.4. The molecule has 1 aliphatic heterocycles. The number of amides is 1. The molecule has 0 saturated carbocycles. The van der Waals surface area contributed by atoms with Crippen molar-refractivity contribution in [3.05, 3.63) is 47.2 Å². The second-order valence-electron chi connectivity index (χ2n) is 15.1. The molecule has 1 atom stereocenters. The van der Waals surface area contributed by atoms with E-state index in [2.05, 4.69) is 57.2 Å². The third-order valence-electron chi connectivity index (χ3n) is 8.96. The van der Waals surface area contributed by atoms with E-state index in [0.717, 1.165) is 16.8 Å². The normalized spacial score (nSPS) is 16.5. The van der Waals surface area contributed by atoms with Gasteiger partial charge in [-0.25, -0.2) is 19.7 Å². The molecule has 0 aliphatic carbocycles. The smallest absolute Gasteiger partial charge is 0.416 e. The van der Waals surface area contributed by atoms with Crippen molar-refractivity contribution in [3.8, 4) is 17.0 Å². The summed E-state index contributed by atoms with van der Waals surface area (Å²) >= 11 is 6.68. The number of benzene rings is 1. The summed E-state index contributed by atoms with van der Waals surface area (Å²) in [6.45, 7) is 20.9. The summed E-state index contributed by atoms with van der Waals surface area (Å²) in [6.07, 6.45) is 2.98. The number of rotatable bonds is 11. The molecule has 1 amide bonds. The van der Waals surface area contributed by atoms with Crippen LogP contribution in [0.3, 0.4) is 0 Å². The number of hydrogen-bond donors (Lipinski definition) is 1. The summed E-state index contributed by atoms with van der Waals surface area (Å²) in [7, 11) is 3.12.